The Hall–Kier alpha value is -1.57. The van der Waals surface area contributed by atoms with E-state index in [1.54, 1.807) is 6.20 Å². The number of rotatable bonds is 6. The number of aromatic nitrogens is 1. The van der Waals surface area contributed by atoms with Crippen LogP contribution in [0.4, 0.5) is 5.82 Å². The average molecular weight is 392 g/mol. The lowest BCUT2D eigenvalue weighted by atomic mass is 9.99. The third-order valence-electron chi connectivity index (χ3n) is 4.04. The minimum Gasteiger partial charge on any atom is -0.357 e. The number of hydrogen-bond acceptors (Lipinski definition) is 5. The van der Waals surface area contributed by atoms with Gasteiger partial charge < -0.3 is 21.3 Å². The van der Waals surface area contributed by atoms with Crippen molar-refractivity contribution in [3.63, 3.8) is 0 Å². The van der Waals surface area contributed by atoms with Crippen LogP contribution in [0.5, 0.6) is 0 Å². The molecular weight excluding hydrogens is 365 g/mol. The van der Waals surface area contributed by atoms with Crippen LogP contribution in [0.2, 0.25) is 0 Å². The van der Waals surface area contributed by atoms with Gasteiger partial charge in [-0.25, -0.2) is 4.98 Å². The summed E-state index contributed by atoms with van der Waals surface area (Å²) in [4.78, 5) is 29.3. The monoisotopic (exact) mass is 391 g/mol. The Labute approximate surface area is 160 Å². The summed E-state index contributed by atoms with van der Waals surface area (Å²) in [5.74, 6) is 1.19. The Morgan fingerprint density at radius 2 is 1.88 bits per heavy atom. The fraction of sp³-hybridized carbons (Fsp3) is 0.562. The molecule has 2 amide bonds. The van der Waals surface area contributed by atoms with E-state index in [1.807, 2.05) is 12.1 Å². The van der Waals surface area contributed by atoms with E-state index in [9.17, 15) is 9.59 Å². The lowest BCUT2D eigenvalue weighted by Crippen LogP contribution is -2.39. The van der Waals surface area contributed by atoms with Gasteiger partial charge >= 0.3 is 0 Å². The van der Waals surface area contributed by atoms with E-state index < -0.39 is 0 Å². The average Bonchev–Trinajstić information content (AvgIpc) is 2.59. The van der Waals surface area contributed by atoms with Crippen LogP contribution in [0.3, 0.4) is 0 Å². The van der Waals surface area contributed by atoms with Crippen LogP contribution in [-0.2, 0) is 16.1 Å². The zero-order valence-electron chi connectivity index (χ0n) is 14.4. The molecule has 2 heterocycles. The second-order valence-corrected chi connectivity index (χ2v) is 5.95. The number of amides is 2. The van der Waals surface area contributed by atoms with E-state index in [-0.39, 0.29) is 49.7 Å². The molecule has 9 heteroatoms. The zero-order valence-corrected chi connectivity index (χ0v) is 16.0. The summed E-state index contributed by atoms with van der Waals surface area (Å²) in [6, 6.07) is 3.97. The van der Waals surface area contributed by atoms with Gasteiger partial charge in [0.2, 0.25) is 11.8 Å². The molecule has 7 nitrogen and oxygen atoms in total. The molecule has 2 rings (SSSR count). The molecule has 1 saturated heterocycles. The lowest BCUT2D eigenvalue weighted by molar-refractivity contribution is -0.125. The molecule has 1 fully saturated rings. The third kappa shape index (κ3) is 7.90. The molecule has 142 valence electrons. The highest BCUT2D eigenvalue weighted by molar-refractivity contribution is 5.86. The number of pyridine rings is 1. The summed E-state index contributed by atoms with van der Waals surface area (Å²) in [5, 5.41) is 5.16. The maximum Gasteiger partial charge on any atom is 0.239 e. The largest absolute Gasteiger partial charge is 0.357 e. The Morgan fingerprint density at radius 3 is 2.44 bits per heavy atom. The lowest BCUT2D eigenvalue weighted by Gasteiger charge is -2.31. The summed E-state index contributed by atoms with van der Waals surface area (Å²) in [5.41, 5.74) is 6.08. The first kappa shape index (κ1) is 23.4. The van der Waals surface area contributed by atoms with Crippen molar-refractivity contribution in [1.29, 1.82) is 0 Å². The maximum absolute atomic E-state index is 11.6. The quantitative estimate of drug-likeness (QED) is 0.667. The van der Waals surface area contributed by atoms with E-state index in [1.165, 1.54) is 12.8 Å². The van der Waals surface area contributed by atoms with Crippen LogP contribution in [0.1, 0.15) is 25.3 Å². The number of halogens is 2. The van der Waals surface area contributed by atoms with Crippen molar-refractivity contribution < 1.29 is 9.59 Å². The maximum atomic E-state index is 11.6. The van der Waals surface area contributed by atoms with Crippen molar-refractivity contribution in [2.24, 2.45) is 11.7 Å². The highest BCUT2D eigenvalue weighted by atomic mass is 35.5. The molecular formula is C16H27Cl2N5O2. The first-order valence-corrected chi connectivity index (χ1v) is 8.02. The van der Waals surface area contributed by atoms with Crippen LogP contribution in [0, 0.1) is 5.92 Å². The molecule has 1 aromatic rings. The molecule has 0 radical (unpaired) electrons. The van der Waals surface area contributed by atoms with Crippen LogP contribution in [0.15, 0.2) is 18.3 Å². The number of carbonyl (C=O) groups excluding carboxylic acids is 2. The molecule has 0 unspecified atom stereocenters. The number of nitrogens with zero attached hydrogens (tertiary/aromatic N) is 2. The van der Waals surface area contributed by atoms with Crippen molar-refractivity contribution in [3.05, 3.63) is 23.9 Å². The second-order valence-electron chi connectivity index (χ2n) is 5.95. The normalized spacial score (nSPS) is 14.1. The molecule has 0 aromatic carbocycles. The smallest absolute Gasteiger partial charge is 0.239 e. The van der Waals surface area contributed by atoms with Crippen LogP contribution < -0.4 is 21.3 Å². The molecule has 0 saturated carbocycles. The number of carbonyl (C=O) groups is 2. The Bertz CT molecular complexity index is 534. The van der Waals surface area contributed by atoms with Gasteiger partial charge in [0.05, 0.1) is 13.1 Å². The highest BCUT2D eigenvalue weighted by Gasteiger charge is 2.16. The Kier molecular flexibility index (Phi) is 11.1. The fourth-order valence-electron chi connectivity index (χ4n) is 2.46. The van der Waals surface area contributed by atoms with Gasteiger partial charge in [0, 0.05) is 25.8 Å². The molecule has 0 spiro atoms. The van der Waals surface area contributed by atoms with Crippen LogP contribution in [0.25, 0.3) is 0 Å². The van der Waals surface area contributed by atoms with E-state index in [4.69, 9.17) is 5.73 Å². The molecule has 0 bridgehead atoms. The molecule has 1 aromatic heterocycles. The Balaban J connectivity index is 0.00000288. The first-order valence-electron chi connectivity index (χ1n) is 8.02. The predicted molar refractivity (Wildman–Crippen MR) is 103 cm³/mol. The molecule has 25 heavy (non-hydrogen) atoms. The van der Waals surface area contributed by atoms with Gasteiger partial charge in [0.15, 0.2) is 0 Å². The van der Waals surface area contributed by atoms with Gasteiger partial charge in [0.25, 0.3) is 0 Å². The van der Waals surface area contributed by atoms with Crippen molar-refractivity contribution in [2.75, 3.05) is 31.1 Å². The number of piperidine rings is 1. The summed E-state index contributed by atoms with van der Waals surface area (Å²) in [6.45, 7) is 4.59. The van der Waals surface area contributed by atoms with Gasteiger partial charge in [-0.15, -0.1) is 24.8 Å². The van der Waals surface area contributed by atoms with E-state index in [0.717, 1.165) is 30.4 Å². The standard InChI is InChI=1S/C16H25N5O2.2ClH/c1-12-4-6-21(7-5-12)14-3-2-13(9-18-14)10-19-16(23)11-20-15(22)8-17;;/h2-3,9,12H,4-8,10-11,17H2,1H3,(H,19,23)(H,20,22);2*1H. The summed E-state index contributed by atoms with van der Waals surface area (Å²) >= 11 is 0. The number of hydrogen-bond donors (Lipinski definition) is 3. The third-order valence-corrected chi connectivity index (χ3v) is 4.04. The zero-order chi connectivity index (χ0) is 16.7. The summed E-state index contributed by atoms with van der Waals surface area (Å²) < 4.78 is 0. The topological polar surface area (TPSA) is 100 Å². The number of anilines is 1. The number of nitrogens with two attached hydrogens (primary N) is 1. The van der Waals surface area contributed by atoms with Crippen molar-refractivity contribution in [2.45, 2.75) is 26.3 Å². The number of nitrogens with one attached hydrogen (secondary N) is 2. The van der Waals surface area contributed by atoms with Crippen molar-refractivity contribution in [1.82, 2.24) is 15.6 Å². The summed E-state index contributed by atoms with van der Waals surface area (Å²) in [7, 11) is 0. The van der Waals surface area contributed by atoms with Gasteiger partial charge in [-0.3, -0.25) is 9.59 Å². The Morgan fingerprint density at radius 1 is 1.20 bits per heavy atom. The van der Waals surface area contributed by atoms with Gasteiger partial charge in [-0.1, -0.05) is 13.0 Å². The minimum absolute atomic E-state index is 0. The molecule has 0 atom stereocenters. The summed E-state index contributed by atoms with van der Waals surface area (Å²) in [6.07, 6.45) is 4.19. The van der Waals surface area contributed by atoms with E-state index in [0.29, 0.717) is 6.54 Å². The van der Waals surface area contributed by atoms with Gasteiger partial charge in [-0.2, -0.15) is 0 Å². The molecule has 1 aliphatic rings. The molecule has 4 N–H and O–H groups in total. The van der Waals surface area contributed by atoms with E-state index in [2.05, 4.69) is 27.4 Å². The first-order chi connectivity index (χ1) is 11.1. The molecule has 0 aliphatic carbocycles. The van der Waals surface area contributed by atoms with Crippen molar-refractivity contribution in [3.8, 4) is 0 Å². The minimum atomic E-state index is -0.345. The van der Waals surface area contributed by atoms with Crippen molar-refractivity contribution >= 4 is 42.4 Å². The van der Waals surface area contributed by atoms with Gasteiger partial charge in [0.1, 0.15) is 5.82 Å². The highest BCUT2D eigenvalue weighted by Crippen LogP contribution is 2.21. The van der Waals surface area contributed by atoms with Crippen LogP contribution >= 0.6 is 24.8 Å². The van der Waals surface area contributed by atoms with Gasteiger partial charge in [-0.05, 0) is 30.4 Å². The second kappa shape index (κ2) is 11.9. The van der Waals surface area contributed by atoms with E-state index >= 15 is 0 Å². The SMILES string of the molecule is CC1CCN(c2ccc(CNC(=O)CNC(=O)CN)cn2)CC1.Cl.Cl. The molecule has 1 aliphatic heterocycles. The predicted octanol–water partition coefficient (Wildman–Crippen LogP) is 0.853. The van der Waals surface area contributed by atoms with Crippen LogP contribution in [-0.4, -0.2) is 43.0 Å². The fourth-order valence-corrected chi connectivity index (χ4v) is 2.46.